The number of ether oxygens (including phenoxy) is 1. The van der Waals surface area contributed by atoms with Gasteiger partial charge in [-0.2, -0.15) is 0 Å². The summed E-state index contributed by atoms with van der Waals surface area (Å²) in [6, 6.07) is 0. The summed E-state index contributed by atoms with van der Waals surface area (Å²) in [6.07, 6.45) is 14.4. The highest BCUT2D eigenvalue weighted by atomic mass is 16.6. The van der Waals surface area contributed by atoms with Gasteiger partial charge >= 0.3 is 5.97 Å². The van der Waals surface area contributed by atoms with E-state index in [-0.39, 0.29) is 17.0 Å². The van der Waals surface area contributed by atoms with Gasteiger partial charge in [-0.25, -0.2) is 0 Å². The SMILES string of the molecule is CCC1(OC(=O)C23C=CC(CC2)C3)CCCCC1. The summed E-state index contributed by atoms with van der Waals surface area (Å²) in [5.74, 6) is 0.712. The van der Waals surface area contributed by atoms with Crippen molar-refractivity contribution in [3.8, 4) is 0 Å². The van der Waals surface area contributed by atoms with Gasteiger partial charge in [0, 0.05) is 0 Å². The molecule has 0 saturated heterocycles. The molecule has 100 valence electrons. The molecular formula is C16H24O2. The first-order valence-electron chi connectivity index (χ1n) is 7.61. The predicted octanol–water partition coefficient (Wildman–Crippen LogP) is 4.00. The number of allylic oxidation sites excluding steroid dienone is 1. The standard InChI is InChI=1S/C16H24O2/c1-2-16(8-4-3-5-9-16)18-14(17)15-10-6-13(12-15)7-11-15/h6,10,13H,2-5,7-9,11-12H2,1H3. The molecule has 2 bridgehead atoms. The first-order valence-corrected chi connectivity index (χ1v) is 7.61. The average molecular weight is 248 g/mol. The van der Waals surface area contributed by atoms with Crippen molar-refractivity contribution in [1.29, 1.82) is 0 Å². The lowest BCUT2D eigenvalue weighted by Gasteiger charge is -2.38. The van der Waals surface area contributed by atoms with Crippen LogP contribution in [0, 0.1) is 11.3 Å². The van der Waals surface area contributed by atoms with Crippen LogP contribution < -0.4 is 0 Å². The molecule has 0 radical (unpaired) electrons. The molecule has 3 aliphatic rings. The van der Waals surface area contributed by atoms with E-state index in [2.05, 4.69) is 19.1 Å². The zero-order valence-corrected chi connectivity index (χ0v) is 11.4. The van der Waals surface area contributed by atoms with E-state index in [4.69, 9.17) is 4.74 Å². The summed E-state index contributed by atoms with van der Waals surface area (Å²) in [5, 5.41) is 0. The van der Waals surface area contributed by atoms with Crippen molar-refractivity contribution in [3.05, 3.63) is 12.2 Å². The molecule has 2 fully saturated rings. The highest BCUT2D eigenvalue weighted by molar-refractivity contribution is 5.81. The Morgan fingerprint density at radius 1 is 1.28 bits per heavy atom. The van der Waals surface area contributed by atoms with Crippen molar-refractivity contribution in [2.45, 2.75) is 70.3 Å². The van der Waals surface area contributed by atoms with Crippen molar-refractivity contribution < 1.29 is 9.53 Å². The largest absolute Gasteiger partial charge is 0.458 e. The topological polar surface area (TPSA) is 26.3 Å². The maximum atomic E-state index is 12.6. The summed E-state index contributed by atoms with van der Waals surface area (Å²) in [4.78, 5) is 12.6. The van der Waals surface area contributed by atoms with E-state index in [1.807, 2.05) is 0 Å². The van der Waals surface area contributed by atoms with E-state index in [1.165, 1.54) is 25.7 Å². The van der Waals surface area contributed by atoms with Crippen molar-refractivity contribution in [1.82, 2.24) is 0 Å². The Balaban J connectivity index is 1.71. The van der Waals surface area contributed by atoms with Crippen LogP contribution in [0.3, 0.4) is 0 Å². The molecule has 2 unspecified atom stereocenters. The van der Waals surface area contributed by atoms with Crippen LogP contribution in [0.15, 0.2) is 12.2 Å². The monoisotopic (exact) mass is 248 g/mol. The molecule has 0 aliphatic heterocycles. The number of rotatable bonds is 3. The zero-order valence-electron chi connectivity index (χ0n) is 11.4. The second-order valence-electron chi connectivity index (χ2n) is 6.50. The van der Waals surface area contributed by atoms with Crippen LogP contribution in [0.5, 0.6) is 0 Å². The van der Waals surface area contributed by atoms with Crippen LogP contribution in [0.2, 0.25) is 0 Å². The maximum Gasteiger partial charge on any atom is 0.316 e. The Morgan fingerprint density at radius 2 is 2.06 bits per heavy atom. The molecule has 18 heavy (non-hydrogen) atoms. The molecule has 0 spiro atoms. The molecule has 2 nitrogen and oxygen atoms in total. The Hall–Kier alpha value is -0.790. The number of fused-ring (bicyclic) bond motifs is 2. The summed E-state index contributed by atoms with van der Waals surface area (Å²) in [6.45, 7) is 2.16. The average Bonchev–Trinajstić information content (AvgIpc) is 3.01. The lowest BCUT2D eigenvalue weighted by molar-refractivity contribution is -0.173. The molecule has 0 aromatic rings. The number of carbonyl (C=O) groups is 1. The highest BCUT2D eigenvalue weighted by Gasteiger charge is 2.49. The van der Waals surface area contributed by atoms with E-state index < -0.39 is 0 Å². The van der Waals surface area contributed by atoms with Crippen LogP contribution in [0.25, 0.3) is 0 Å². The van der Waals surface area contributed by atoms with Gasteiger partial charge in [0.15, 0.2) is 0 Å². The molecule has 3 aliphatic carbocycles. The maximum absolute atomic E-state index is 12.6. The van der Waals surface area contributed by atoms with E-state index in [0.29, 0.717) is 5.92 Å². The van der Waals surface area contributed by atoms with Crippen molar-refractivity contribution >= 4 is 5.97 Å². The Morgan fingerprint density at radius 3 is 2.56 bits per heavy atom. The minimum Gasteiger partial charge on any atom is -0.458 e. The number of hydrogen-bond acceptors (Lipinski definition) is 2. The van der Waals surface area contributed by atoms with Crippen molar-refractivity contribution in [2.24, 2.45) is 11.3 Å². The molecular weight excluding hydrogens is 224 g/mol. The van der Waals surface area contributed by atoms with Crippen LogP contribution in [-0.2, 0) is 9.53 Å². The van der Waals surface area contributed by atoms with Crippen molar-refractivity contribution in [3.63, 3.8) is 0 Å². The quantitative estimate of drug-likeness (QED) is 0.557. The second kappa shape index (κ2) is 4.40. The summed E-state index contributed by atoms with van der Waals surface area (Å²) in [5.41, 5.74) is -0.386. The lowest BCUT2D eigenvalue weighted by atomic mass is 9.81. The normalized spacial score (nSPS) is 36.8. The first kappa shape index (κ1) is 12.3. The van der Waals surface area contributed by atoms with Crippen LogP contribution in [-0.4, -0.2) is 11.6 Å². The van der Waals surface area contributed by atoms with Gasteiger partial charge < -0.3 is 4.74 Å². The molecule has 0 amide bonds. The van der Waals surface area contributed by atoms with Gasteiger partial charge in [-0.15, -0.1) is 0 Å². The summed E-state index contributed by atoms with van der Waals surface area (Å²) < 4.78 is 6.04. The fourth-order valence-corrected chi connectivity index (χ4v) is 4.03. The molecule has 0 aromatic carbocycles. The smallest absolute Gasteiger partial charge is 0.316 e. The van der Waals surface area contributed by atoms with Gasteiger partial charge in [-0.1, -0.05) is 25.5 Å². The minimum atomic E-state index is -0.246. The molecule has 3 rings (SSSR count). The third-order valence-electron chi connectivity index (χ3n) is 5.40. The molecule has 2 heteroatoms. The first-order chi connectivity index (χ1) is 8.68. The Kier molecular flexibility index (Phi) is 2.99. The predicted molar refractivity (Wildman–Crippen MR) is 71.1 cm³/mol. The molecule has 2 atom stereocenters. The molecule has 2 saturated carbocycles. The van der Waals surface area contributed by atoms with Gasteiger partial charge in [0.05, 0.1) is 5.41 Å². The van der Waals surface area contributed by atoms with Gasteiger partial charge in [-0.05, 0) is 57.3 Å². The van der Waals surface area contributed by atoms with Gasteiger partial charge in [0.25, 0.3) is 0 Å². The second-order valence-corrected chi connectivity index (χ2v) is 6.50. The summed E-state index contributed by atoms with van der Waals surface area (Å²) >= 11 is 0. The number of carbonyl (C=O) groups excluding carboxylic acids is 1. The minimum absolute atomic E-state index is 0.0718. The fraction of sp³-hybridized carbons (Fsp3) is 0.812. The number of esters is 1. The molecule has 0 heterocycles. The van der Waals surface area contributed by atoms with Crippen LogP contribution in [0.4, 0.5) is 0 Å². The van der Waals surface area contributed by atoms with Crippen LogP contribution >= 0.6 is 0 Å². The van der Waals surface area contributed by atoms with E-state index in [9.17, 15) is 4.79 Å². The van der Waals surface area contributed by atoms with E-state index >= 15 is 0 Å². The third-order valence-corrected chi connectivity index (χ3v) is 5.40. The third kappa shape index (κ3) is 1.90. The summed E-state index contributed by atoms with van der Waals surface area (Å²) in [7, 11) is 0. The van der Waals surface area contributed by atoms with E-state index in [1.54, 1.807) is 0 Å². The fourth-order valence-electron chi connectivity index (χ4n) is 4.03. The van der Waals surface area contributed by atoms with Gasteiger partial charge in [-0.3, -0.25) is 4.79 Å². The van der Waals surface area contributed by atoms with Crippen LogP contribution in [0.1, 0.15) is 64.7 Å². The number of hydrogen-bond donors (Lipinski definition) is 0. The van der Waals surface area contributed by atoms with Crippen molar-refractivity contribution in [2.75, 3.05) is 0 Å². The van der Waals surface area contributed by atoms with Gasteiger partial charge in [0.1, 0.15) is 5.60 Å². The Bertz CT molecular complexity index is 365. The molecule has 0 aromatic heterocycles. The van der Waals surface area contributed by atoms with Gasteiger partial charge in [0.2, 0.25) is 0 Å². The lowest BCUT2D eigenvalue weighted by Crippen LogP contribution is -2.41. The zero-order chi connectivity index (χ0) is 12.6. The molecule has 0 N–H and O–H groups in total. The van der Waals surface area contributed by atoms with E-state index in [0.717, 1.165) is 32.1 Å². The highest BCUT2D eigenvalue weighted by Crippen LogP contribution is 2.51. The Labute approximate surface area is 110 Å².